The van der Waals surface area contributed by atoms with Crippen LogP contribution in [0.1, 0.15) is 58.3 Å². The molecule has 1 amide bonds. The number of rotatable bonds is 19. The van der Waals surface area contributed by atoms with Crippen molar-refractivity contribution in [3.05, 3.63) is 73.4 Å². The number of fused-ring (bicyclic) bond motifs is 1. The molecule has 206 valence electrons. The smallest absolute Gasteiger partial charge is 0.225 e. The van der Waals surface area contributed by atoms with E-state index in [0.29, 0.717) is 29.9 Å². The number of ether oxygens (including phenoxy) is 1. The number of nitrogens with one attached hydrogen (secondary N) is 1. The Morgan fingerprint density at radius 2 is 1.58 bits per heavy atom. The van der Waals surface area contributed by atoms with Crippen LogP contribution in [0.5, 0.6) is 0 Å². The third kappa shape index (κ3) is 13.5. The summed E-state index contributed by atoms with van der Waals surface area (Å²) in [5.74, 6) is 0.262. The van der Waals surface area contributed by atoms with E-state index in [1.807, 2.05) is 0 Å². The van der Waals surface area contributed by atoms with Gasteiger partial charge in [-0.2, -0.15) is 0 Å². The number of hydrogen-bond donors (Lipinski definition) is 3. The number of carbonyl (C=O) groups is 1. The molecule has 2 aromatic rings. The molecule has 0 atom stereocenters. The molecule has 0 bridgehead atoms. The molecule has 0 spiro atoms. The minimum absolute atomic E-state index is 0.0993. The van der Waals surface area contributed by atoms with Gasteiger partial charge in [-0.3, -0.25) is 4.79 Å². The van der Waals surface area contributed by atoms with E-state index < -0.39 is 8.38 Å². The molecule has 0 radical (unpaired) electrons. The highest BCUT2D eigenvalue weighted by molar-refractivity contribution is 7.44. The Hall–Kier alpha value is -2.97. The second-order valence-corrected chi connectivity index (χ2v) is 9.39. The van der Waals surface area contributed by atoms with Gasteiger partial charge in [-0.1, -0.05) is 67.7 Å². The number of unbranched alkanes of at least 4 members (excludes halogenated alkanes) is 1. The van der Waals surface area contributed by atoms with Gasteiger partial charge in [0, 0.05) is 13.0 Å². The first-order valence-corrected chi connectivity index (χ1v) is 14.5. The van der Waals surface area contributed by atoms with Crippen molar-refractivity contribution in [2.24, 2.45) is 0 Å². The average Bonchev–Trinajstić information content (AvgIpc) is 3.32. The summed E-state index contributed by atoms with van der Waals surface area (Å²) in [6.45, 7) is 2.87. The van der Waals surface area contributed by atoms with Gasteiger partial charge in [-0.25, -0.2) is 15.0 Å². The molecule has 0 fully saturated rings. The van der Waals surface area contributed by atoms with Gasteiger partial charge in [0.1, 0.15) is 12.7 Å². The molecule has 2 rings (SSSR count). The van der Waals surface area contributed by atoms with E-state index in [2.05, 4.69) is 88.0 Å². The van der Waals surface area contributed by atoms with Crippen LogP contribution in [0.25, 0.3) is 11.2 Å². The van der Waals surface area contributed by atoms with Crippen molar-refractivity contribution >= 4 is 31.3 Å². The number of amides is 1. The Labute approximate surface area is 226 Å². The highest BCUT2D eigenvalue weighted by Gasteiger charge is 2.12. The molecule has 9 nitrogen and oxygen atoms in total. The summed E-state index contributed by atoms with van der Waals surface area (Å²) in [6, 6.07) is 0. The number of allylic oxidation sites excluding steroid dienone is 10. The van der Waals surface area contributed by atoms with Crippen LogP contribution in [-0.4, -0.2) is 48.2 Å². The molecule has 0 aromatic carbocycles. The maximum Gasteiger partial charge on any atom is 0.225 e. The Morgan fingerprint density at radius 1 is 0.947 bits per heavy atom. The summed E-state index contributed by atoms with van der Waals surface area (Å²) in [5.41, 5.74) is 1.08. The van der Waals surface area contributed by atoms with Crippen molar-refractivity contribution < 1.29 is 19.3 Å². The molecule has 3 N–H and O–H groups in total. The number of anilines is 1. The molecule has 10 heteroatoms. The summed E-state index contributed by atoms with van der Waals surface area (Å²) >= 11 is 0. The summed E-state index contributed by atoms with van der Waals surface area (Å²) < 4.78 is 6.96. The Bertz CT molecular complexity index is 1090. The third-order valence-corrected chi connectivity index (χ3v) is 5.69. The van der Waals surface area contributed by atoms with Crippen molar-refractivity contribution in [1.29, 1.82) is 0 Å². The topological polar surface area (TPSA) is 122 Å². The van der Waals surface area contributed by atoms with Crippen LogP contribution in [0, 0.1) is 0 Å². The van der Waals surface area contributed by atoms with Crippen LogP contribution in [0.4, 0.5) is 5.82 Å². The van der Waals surface area contributed by atoms with Crippen molar-refractivity contribution in [3.63, 3.8) is 0 Å². The Kier molecular flexibility index (Phi) is 16.5. The van der Waals surface area contributed by atoms with E-state index in [9.17, 15) is 4.79 Å². The zero-order chi connectivity index (χ0) is 27.3. The second-order valence-electron chi connectivity index (χ2n) is 8.39. The Morgan fingerprint density at radius 3 is 2.21 bits per heavy atom. The van der Waals surface area contributed by atoms with E-state index in [-0.39, 0.29) is 18.9 Å². The molecule has 0 aliphatic heterocycles. The molecule has 0 aliphatic carbocycles. The van der Waals surface area contributed by atoms with Gasteiger partial charge in [0.15, 0.2) is 25.4 Å². The van der Waals surface area contributed by atoms with Crippen LogP contribution < -0.4 is 5.32 Å². The maximum atomic E-state index is 12.4. The predicted octanol–water partition coefficient (Wildman–Crippen LogP) is 5.96. The minimum atomic E-state index is -2.07. The van der Waals surface area contributed by atoms with Crippen LogP contribution in [-0.2, 0) is 16.1 Å². The largest absolute Gasteiger partial charge is 0.370 e. The first-order chi connectivity index (χ1) is 18.6. The van der Waals surface area contributed by atoms with Crippen molar-refractivity contribution in [1.82, 2.24) is 19.5 Å². The van der Waals surface area contributed by atoms with Crippen molar-refractivity contribution in [2.75, 3.05) is 18.3 Å². The fraction of sp³-hybridized carbons (Fsp3) is 0.429. The Balaban J connectivity index is 1.60. The van der Waals surface area contributed by atoms with Crippen LogP contribution in [0.3, 0.4) is 0 Å². The standard InChI is InChI=1S/C28H40N5O4P/c1-2-3-4-5-6-7-8-9-10-11-12-13-14-15-16-17-18-19-25(34)32-27-26-28(30-22-29-27)33(23-31-26)20-21-37-24-38(35)36/h3-4,6-7,9-10,12-13,15-16,22-23,35-36H,2,5,8,11,14,17-21,24H2,1H3,(H,29,30,32,34)/b4-3-,7-6-,10-9-,13-12-,16-15-. The molecule has 0 aliphatic rings. The molecule has 0 saturated heterocycles. The zero-order valence-corrected chi connectivity index (χ0v) is 23.0. The normalized spacial score (nSPS) is 12.6. The first-order valence-electron chi connectivity index (χ1n) is 13.1. The van der Waals surface area contributed by atoms with Gasteiger partial charge >= 0.3 is 0 Å². The monoisotopic (exact) mass is 541 g/mol. The van der Waals surface area contributed by atoms with E-state index in [1.165, 1.54) is 6.33 Å². The molecule has 0 unspecified atom stereocenters. The lowest BCUT2D eigenvalue weighted by molar-refractivity contribution is -0.116. The van der Waals surface area contributed by atoms with E-state index in [0.717, 1.165) is 44.9 Å². The number of carbonyl (C=O) groups excluding carboxylic acids is 1. The van der Waals surface area contributed by atoms with Gasteiger partial charge in [-0.15, -0.1) is 0 Å². The summed E-state index contributed by atoms with van der Waals surface area (Å²) in [4.78, 5) is 42.9. The van der Waals surface area contributed by atoms with E-state index in [4.69, 9.17) is 14.5 Å². The molecule has 0 saturated carbocycles. The quantitative estimate of drug-likeness (QED) is 0.114. The number of aromatic nitrogens is 4. The molecule has 2 aromatic heterocycles. The zero-order valence-electron chi connectivity index (χ0n) is 22.2. The van der Waals surface area contributed by atoms with E-state index >= 15 is 0 Å². The van der Waals surface area contributed by atoms with Crippen molar-refractivity contribution in [2.45, 2.75) is 64.8 Å². The maximum absolute atomic E-state index is 12.4. The molecule has 38 heavy (non-hydrogen) atoms. The predicted molar refractivity (Wildman–Crippen MR) is 154 cm³/mol. The molecular weight excluding hydrogens is 501 g/mol. The molecular formula is C28H40N5O4P. The lowest BCUT2D eigenvalue weighted by Crippen LogP contribution is -2.13. The summed E-state index contributed by atoms with van der Waals surface area (Å²) in [5, 5.41) is 2.83. The highest BCUT2D eigenvalue weighted by Crippen LogP contribution is 2.22. The fourth-order valence-electron chi connectivity index (χ4n) is 3.39. The van der Waals surface area contributed by atoms with Gasteiger partial charge in [0.2, 0.25) is 5.91 Å². The molecule has 2 heterocycles. The highest BCUT2D eigenvalue weighted by atomic mass is 31.2. The third-order valence-electron chi connectivity index (χ3n) is 5.27. The van der Waals surface area contributed by atoms with Crippen LogP contribution >= 0.6 is 8.38 Å². The summed E-state index contributed by atoms with van der Waals surface area (Å²) in [7, 11) is -2.07. The summed E-state index contributed by atoms with van der Waals surface area (Å²) in [6.07, 6.45) is 31.4. The van der Waals surface area contributed by atoms with Gasteiger partial charge in [0.25, 0.3) is 0 Å². The number of hydrogen-bond acceptors (Lipinski definition) is 7. The van der Waals surface area contributed by atoms with Gasteiger partial charge in [0.05, 0.1) is 12.9 Å². The fourth-order valence-corrected chi connectivity index (χ4v) is 3.68. The SMILES string of the molecule is CC/C=C\C/C=C\C/C=C\C/C=C\C/C=C\CCCC(=O)Nc1ncnc2c1ncn2CCOCP(O)O. The average molecular weight is 542 g/mol. The second kappa shape index (κ2) is 20.1. The first kappa shape index (κ1) is 31.2. The van der Waals surface area contributed by atoms with Crippen LogP contribution in [0.2, 0.25) is 0 Å². The van der Waals surface area contributed by atoms with Gasteiger partial charge in [-0.05, 0) is 44.9 Å². The number of nitrogens with zero attached hydrogens (tertiary/aromatic N) is 4. The van der Waals surface area contributed by atoms with Crippen molar-refractivity contribution in [3.8, 4) is 0 Å². The lowest BCUT2D eigenvalue weighted by Gasteiger charge is -2.07. The van der Waals surface area contributed by atoms with Crippen LogP contribution in [0.15, 0.2) is 73.4 Å². The number of imidazole rings is 1. The minimum Gasteiger partial charge on any atom is -0.370 e. The lowest BCUT2D eigenvalue weighted by atomic mass is 10.2. The van der Waals surface area contributed by atoms with Gasteiger partial charge < -0.3 is 24.4 Å². The van der Waals surface area contributed by atoms with E-state index in [1.54, 1.807) is 10.9 Å².